The molecule has 8 heteroatoms. The smallest absolute Gasteiger partial charge is 0.263 e. The van der Waals surface area contributed by atoms with Gasteiger partial charge in [-0.15, -0.1) is 0 Å². The van der Waals surface area contributed by atoms with Gasteiger partial charge in [-0.2, -0.15) is 0 Å². The zero-order valence-electron chi connectivity index (χ0n) is 13.0. The second kappa shape index (κ2) is 7.67. The van der Waals surface area contributed by atoms with Gasteiger partial charge in [0.05, 0.1) is 0 Å². The molecule has 2 rings (SSSR count). The van der Waals surface area contributed by atoms with Gasteiger partial charge in [0, 0.05) is 26.2 Å². The Morgan fingerprint density at radius 1 is 1.00 bits per heavy atom. The Labute approximate surface area is 158 Å². The largest absolute Gasteiger partial charge is 0.326 e. The summed E-state index contributed by atoms with van der Waals surface area (Å²) in [4.78, 5) is 11.8. The minimum Gasteiger partial charge on any atom is -0.326 e. The van der Waals surface area contributed by atoms with E-state index in [2.05, 4.69) is 41.9 Å². The highest BCUT2D eigenvalue weighted by molar-refractivity contribution is 9.11. The lowest BCUT2D eigenvalue weighted by molar-refractivity contribution is -0.118. The zero-order valence-corrected chi connectivity index (χ0v) is 17.0. The monoisotopic (exact) mass is 474 g/mol. The summed E-state index contributed by atoms with van der Waals surface area (Å²) in [5.41, 5.74) is 1.02. The van der Waals surface area contributed by atoms with Crippen LogP contribution in [0.2, 0.25) is 0 Å². The van der Waals surface area contributed by atoms with Crippen LogP contribution in [-0.2, 0) is 14.8 Å². The highest BCUT2D eigenvalue weighted by Gasteiger charge is 2.18. The van der Waals surface area contributed by atoms with E-state index in [1.807, 2.05) is 0 Å². The van der Waals surface area contributed by atoms with Crippen molar-refractivity contribution in [2.24, 2.45) is 5.92 Å². The fraction of sp³-hybridized carbons (Fsp3) is 0.188. The average molecular weight is 476 g/mol. The molecule has 2 aromatic carbocycles. The van der Waals surface area contributed by atoms with Gasteiger partial charge in [0.15, 0.2) is 0 Å². The number of rotatable bonds is 5. The first-order valence-corrected chi connectivity index (χ1v) is 10.1. The van der Waals surface area contributed by atoms with Gasteiger partial charge in [-0.05, 0) is 58.4 Å². The highest BCUT2D eigenvalue weighted by atomic mass is 79.9. The molecule has 0 bridgehead atoms. The third kappa shape index (κ3) is 4.81. The number of halogens is 2. The molecule has 0 aliphatic rings. The topological polar surface area (TPSA) is 75.3 Å². The molecule has 2 N–H and O–H groups in total. The number of carbonyl (C=O) groups is 1. The number of nitrogens with one attached hydrogen (secondary N) is 2. The van der Waals surface area contributed by atoms with E-state index in [0.717, 1.165) is 0 Å². The van der Waals surface area contributed by atoms with E-state index in [0.29, 0.717) is 20.3 Å². The molecule has 0 heterocycles. The van der Waals surface area contributed by atoms with E-state index in [1.165, 1.54) is 6.07 Å². The van der Waals surface area contributed by atoms with E-state index < -0.39 is 10.0 Å². The summed E-state index contributed by atoms with van der Waals surface area (Å²) in [7, 11) is -3.73. The standard InChI is InChI=1S/C16H16Br2N2O3S/c1-10(2)16(21)19-12-4-6-13(7-5-12)20-24(22,23)15-9-11(17)3-8-14(15)18/h3-10,20H,1-2H3,(H,19,21). The van der Waals surface area contributed by atoms with Crippen molar-refractivity contribution in [1.82, 2.24) is 0 Å². The molecule has 0 atom stereocenters. The number of hydrogen-bond acceptors (Lipinski definition) is 3. The van der Waals surface area contributed by atoms with Crippen molar-refractivity contribution in [2.75, 3.05) is 10.0 Å². The molecule has 24 heavy (non-hydrogen) atoms. The molecule has 128 valence electrons. The predicted octanol–water partition coefficient (Wildman–Crippen LogP) is 4.61. The lowest BCUT2D eigenvalue weighted by Gasteiger charge is -2.11. The molecule has 2 aromatic rings. The third-order valence-electron chi connectivity index (χ3n) is 3.11. The summed E-state index contributed by atoms with van der Waals surface area (Å²) in [6.07, 6.45) is 0. The van der Waals surface area contributed by atoms with Crippen LogP contribution in [0, 0.1) is 5.92 Å². The molecule has 0 fully saturated rings. The van der Waals surface area contributed by atoms with Gasteiger partial charge in [0.25, 0.3) is 10.0 Å². The number of amides is 1. The van der Waals surface area contributed by atoms with E-state index in [4.69, 9.17) is 0 Å². The highest BCUT2D eigenvalue weighted by Crippen LogP contribution is 2.27. The lowest BCUT2D eigenvalue weighted by Crippen LogP contribution is -2.17. The van der Waals surface area contributed by atoms with Crippen molar-refractivity contribution in [3.05, 3.63) is 51.4 Å². The Kier molecular flexibility index (Phi) is 6.06. The van der Waals surface area contributed by atoms with Crippen LogP contribution < -0.4 is 10.0 Å². The molecule has 0 saturated carbocycles. The lowest BCUT2D eigenvalue weighted by atomic mass is 10.2. The number of carbonyl (C=O) groups excluding carboxylic acids is 1. The minimum atomic E-state index is -3.73. The summed E-state index contributed by atoms with van der Waals surface area (Å²) in [6.45, 7) is 3.60. The second-order valence-corrected chi connectivity index (χ2v) is 8.82. The number of anilines is 2. The maximum absolute atomic E-state index is 12.5. The summed E-state index contributed by atoms with van der Waals surface area (Å²) < 4.78 is 28.6. The summed E-state index contributed by atoms with van der Waals surface area (Å²) in [5, 5.41) is 2.75. The molecular weight excluding hydrogens is 460 g/mol. The molecule has 0 aromatic heterocycles. The van der Waals surface area contributed by atoms with Gasteiger partial charge >= 0.3 is 0 Å². The fourth-order valence-corrected chi connectivity index (χ4v) is 4.36. The molecule has 0 radical (unpaired) electrons. The van der Waals surface area contributed by atoms with Crippen molar-refractivity contribution in [1.29, 1.82) is 0 Å². The van der Waals surface area contributed by atoms with Gasteiger partial charge in [-0.25, -0.2) is 8.42 Å². The quantitative estimate of drug-likeness (QED) is 0.663. The second-order valence-electron chi connectivity index (χ2n) is 5.40. The first kappa shape index (κ1) is 19.0. The van der Waals surface area contributed by atoms with Crippen molar-refractivity contribution < 1.29 is 13.2 Å². The van der Waals surface area contributed by atoms with Crippen LogP contribution in [0.5, 0.6) is 0 Å². The van der Waals surface area contributed by atoms with E-state index in [-0.39, 0.29) is 16.7 Å². The Morgan fingerprint density at radius 3 is 2.17 bits per heavy atom. The Morgan fingerprint density at radius 2 is 1.58 bits per heavy atom. The van der Waals surface area contributed by atoms with Crippen molar-refractivity contribution in [2.45, 2.75) is 18.7 Å². The minimum absolute atomic E-state index is 0.0959. The third-order valence-corrected chi connectivity index (χ3v) is 5.98. The SMILES string of the molecule is CC(C)C(=O)Nc1ccc(NS(=O)(=O)c2cc(Br)ccc2Br)cc1. The van der Waals surface area contributed by atoms with E-state index in [9.17, 15) is 13.2 Å². The molecule has 5 nitrogen and oxygen atoms in total. The van der Waals surface area contributed by atoms with Crippen molar-refractivity contribution >= 4 is 59.2 Å². The predicted molar refractivity (Wildman–Crippen MR) is 103 cm³/mol. The van der Waals surface area contributed by atoms with Crippen LogP contribution in [0.3, 0.4) is 0 Å². The van der Waals surface area contributed by atoms with Crippen LogP contribution in [-0.4, -0.2) is 14.3 Å². The molecule has 0 aliphatic heterocycles. The Bertz CT molecular complexity index is 850. The Hall–Kier alpha value is -1.38. The van der Waals surface area contributed by atoms with Gasteiger partial charge in [0.2, 0.25) is 5.91 Å². The Balaban J connectivity index is 2.18. The van der Waals surface area contributed by atoms with Gasteiger partial charge in [0.1, 0.15) is 4.90 Å². The normalized spacial score (nSPS) is 11.4. The average Bonchev–Trinajstić information content (AvgIpc) is 2.51. The van der Waals surface area contributed by atoms with Crippen LogP contribution in [0.25, 0.3) is 0 Å². The molecule has 0 saturated heterocycles. The molecule has 0 unspecified atom stereocenters. The number of sulfonamides is 1. The first-order chi connectivity index (χ1) is 11.2. The van der Waals surface area contributed by atoms with E-state index in [1.54, 1.807) is 50.2 Å². The van der Waals surface area contributed by atoms with Crippen LogP contribution in [0.1, 0.15) is 13.8 Å². The maximum Gasteiger partial charge on any atom is 0.263 e. The number of benzene rings is 2. The van der Waals surface area contributed by atoms with Crippen LogP contribution in [0.4, 0.5) is 11.4 Å². The van der Waals surface area contributed by atoms with Crippen LogP contribution in [0.15, 0.2) is 56.3 Å². The van der Waals surface area contributed by atoms with Gasteiger partial charge < -0.3 is 5.32 Å². The molecule has 1 amide bonds. The molecular formula is C16H16Br2N2O3S. The first-order valence-electron chi connectivity index (χ1n) is 7.08. The summed E-state index contributed by atoms with van der Waals surface area (Å²) >= 11 is 6.51. The summed E-state index contributed by atoms with van der Waals surface area (Å²) in [6, 6.07) is 11.4. The zero-order chi connectivity index (χ0) is 17.9. The molecule has 0 aliphatic carbocycles. The van der Waals surface area contributed by atoms with Crippen molar-refractivity contribution in [3.8, 4) is 0 Å². The summed E-state index contributed by atoms with van der Waals surface area (Å²) in [5.74, 6) is -0.224. The van der Waals surface area contributed by atoms with Gasteiger partial charge in [-0.3, -0.25) is 9.52 Å². The van der Waals surface area contributed by atoms with Crippen molar-refractivity contribution in [3.63, 3.8) is 0 Å². The fourth-order valence-electron chi connectivity index (χ4n) is 1.80. The maximum atomic E-state index is 12.5. The molecule has 0 spiro atoms. The van der Waals surface area contributed by atoms with Gasteiger partial charge in [-0.1, -0.05) is 29.8 Å². The number of hydrogen-bond donors (Lipinski definition) is 2. The van der Waals surface area contributed by atoms with E-state index >= 15 is 0 Å². The van der Waals surface area contributed by atoms with Crippen LogP contribution >= 0.6 is 31.9 Å².